The number of thiazole rings is 1. The Morgan fingerprint density at radius 2 is 1.86 bits per heavy atom. The van der Waals surface area contributed by atoms with Crippen molar-refractivity contribution in [3.8, 4) is 0 Å². The second kappa shape index (κ2) is 7.10. The summed E-state index contributed by atoms with van der Waals surface area (Å²) in [5.41, 5.74) is 0.506. The molecule has 2 heterocycles. The first kappa shape index (κ1) is 18.8. The SMILES string of the molecule is CC(Sc1nnc2sc3ccccc3n12)C(=O)Nc1ccc(C(F)(F)F)cc1. The lowest BCUT2D eigenvalue weighted by Crippen LogP contribution is -2.22. The number of nitrogens with zero attached hydrogens (tertiary/aromatic N) is 3. The third-order valence-electron chi connectivity index (χ3n) is 4.04. The van der Waals surface area contributed by atoms with Gasteiger partial charge in [0.25, 0.3) is 0 Å². The van der Waals surface area contributed by atoms with Gasteiger partial charge in [0.2, 0.25) is 10.9 Å². The molecule has 1 N–H and O–H groups in total. The van der Waals surface area contributed by atoms with E-state index in [-0.39, 0.29) is 5.91 Å². The van der Waals surface area contributed by atoms with E-state index < -0.39 is 17.0 Å². The number of alkyl halides is 3. The zero-order chi connectivity index (χ0) is 19.9. The van der Waals surface area contributed by atoms with Crippen LogP contribution in [0.5, 0.6) is 0 Å². The van der Waals surface area contributed by atoms with E-state index in [1.54, 1.807) is 6.92 Å². The molecule has 2 aromatic heterocycles. The van der Waals surface area contributed by atoms with Gasteiger partial charge in [-0.2, -0.15) is 13.2 Å². The van der Waals surface area contributed by atoms with Gasteiger partial charge in [0.05, 0.1) is 21.0 Å². The molecule has 1 atom stereocenters. The Morgan fingerprint density at radius 3 is 2.57 bits per heavy atom. The van der Waals surface area contributed by atoms with Crippen LogP contribution in [-0.4, -0.2) is 25.8 Å². The molecule has 4 aromatic rings. The van der Waals surface area contributed by atoms with Crippen LogP contribution >= 0.6 is 23.1 Å². The highest BCUT2D eigenvalue weighted by Crippen LogP contribution is 2.32. The van der Waals surface area contributed by atoms with E-state index in [1.807, 2.05) is 28.7 Å². The first-order chi connectivity index (χ1) is 13.3. The molecule has 0 radical (unpaired) electrons. The molecule has 10 heteroatoms. The van der Waals surface area contributed by atoms with Crippen molar-refractivity contribution < 1.29 is 18.0 Å². The highest BCUT2D eigenvalue weighted by Gasteiger charge is 2.30. The second-order valence-corrected chi connectivity index (χ2v) is 8.31. The van der Waals surface area contributed by atoms with Gasteiger partial charge in [-0.1, -0.05) is 35.2 Å². The van der Waals surface area contributed by atoms with Gasteiger partial charge >= 0.3 is 6.18 Å². The summed E-state index contributed by atoms with van der Waals surface area (Å²) < 4.78 is 40.8. The molecule has 0 spiro atoms. The molecular weight excluding hydrogens is 409 g/mol. The van der Waals surface area contributed by atoms with Crippen LogP contribution in [-0.2, 0) is 11.0 Å². The minimum absolute atomic E-state index is 0.304. The molecule has 0 aliphatic heterocycles. The van der Waals surface area contributed by atoms with Crippen molar-refractivity contribution in [3.05, 3.63) is 54.1 Å². The predicted molar refractivity (Wildman–Crippen MR) is 104 cm³/mol. The molecule has 1 unspecified atom stereocenters. The van der Waals surface area contributed by atoms with Crippen LogP contribution in [0.4, 0.5) is 18.9 Å². The van der Waals surface area contributed by atoms with E-state index in [0.717, 1.165) is 27.3 Å². The van der Waals surface area contributed by atoms with E-state index in [9.17, 15) is 18.0 Å². The molecule has 2 aromatic carbocycles. The van der Waals surface area contributed by atoms with Crippen molar-refractivity contribution in [1.82, 2.24) is 14.6 Å². The van der Waals surface area contributed by atoms with E-state index in [4.69, 9.17) is 0 Å². The third-order valence-corrected chi connectivity index (χ3v) is 6.10. The first-order valence-corrected chi connectivity index (χ1v) is 9.90. The highest BCUT2D eigenvalue weighted by molar-refractivity contribution is 8.00. The number of nitrogens with one attached hydrogen (secondary N) is 1. The van der Waals surface area contributed by atoms with Crippen molar-refractivity contribution in [2.45, 2.75) is 23.5 Å². The maximum atomic E-state index is 12.6. The molecule has 4 rings (SSSR count). The summed E-state index contributed by atoms with van der Waals surface area (Å²) in [6, 6.07) is 12.2. The molecule has 28 heavy (non-hydrogen) atoms. The first-order valence-electron chi connectivity index (χ1n) is 8.20. The standard InChI is InChI=1S/C18H13F3N4OS2/c1-10(15(26)22-12-8-6-11(7-9-12)18(19,20)21)27-16-23-24-17-25(16)13-4-2-3-5-14(13)28-17/h2-10H,1H3,(H,22,26). The van der Waals surface area contributed by atoms with Gasteiger partial charge in [0, 0.05) is 5.69 Å². The minimum atomic E-state index is -4.41. The number of carbonyl (C=O) groups excluding carboxylic acids is 1. The van der Waals surface area contributed by atoms with Crippen LogP contribution in [0.25, 0.3) is 15.2 Å². The van der Waals surface area contributed by atoms with Gasteiger partial charge in [-0.25, -0.2) is 0 Å². The normalized spacial score (nSPS) is 13.1. The largest absolute Gasteiger partial charge is 0.416 e. The van der Waals surface area contributed by atoms with Crippen LogP contribution < -0.4 is 5.32 Å². The number of para-hydroxylation sites is 1. The minimum Gasteiger partial charge on any atom is -0.325 e. The Hall–Kier alpha value is -2.59. The number of aromatic nitrogens is 3. The fourth-order valence-electron chi connectivity index (χ4n) is 2.63. The van der Waals surface area contributed by atoms with Gasteiger partial charge in [0.15, 0.2) is 5.16 Å². The monoisotopic (exact) mass is 422 g/mol. The van der Waals surface area contributed by atoms with E-state index in [0.29, 0.717) is 10.8 Å². The Labute approximate surface area is 165 Å². The topological polar surface area (TPSA) is 59.3 Å². The average molecular weight is 422 g/mol. The van der Waals surface area contributed by atoms with Crippen molar-refractivity contribution >= 4 is 49.9 Å². The summed E-state index contributed by atoms with van der Waals surface area (Å²) >= 11 is 2.75. The Morgan fingerprint density at radius 1 is 1.14 bits per heavy atom. The quantitative estimate of drug-likeness (QED) is 0.466. The van der Waals surface area contributed by atoms with Gasteiger partial charge in [0.1, 0.15) is 0 Å². The summed E-state index contributed by atoms with van der Waals surface area (Å²) in [4.78, 5) is 13.2. The van der Waals surface area contributed by atoms with Crippen molar-refractivity contribution in [2.24, 2.45) is 0 Å². The van der Waals surface area contributed by atoms with Gasteiger partial charge in [-0.3, -0.25) is 9.20 Å². The average Bonchev–Trinajstić information content (AvgIpc) is 3.21. The van der Waals surface area contributed by atoms with Crippen molar-refractivity contribution in [2.75, 3.05) is 5.32 Å². The zero-order valence-corrected chi connectivity index (χ0v) is 16.0. The second-order valence-electron chi connectivity index (χ2n) is 5.99. The van der Waals surface area contributed by atoms with Gasteiger partial charge < -0.3 is 5.32 Å². The van der Waals surface area contributed by atoms with Crippen molar-refractivity contribution in [1.29, 1.82) is 0 Å². The van der Waals surface area contributed by atoms with Crippen LogP contribution in [0.2, 0.25) is 0 Å². The molecule has 0 saturated heterocycles. The molecule has 1 amide bonds. The number of anilines is 1. The van der Waals surface area contributed by atoms with Crippen LogP contribution in [0.3, 0.4) is 0 Å². The number of thioether (sulfide) groups is 1. The molecule has 0 bridgehead atoms. The molecule has 0 aliphatic carbocycles. The Balaban J connectivity index is 1.50. The van der Waals surface area contributed by atoms with Crippen LogP contribution in [0, 0.1) is 0 Å². The Bertz CT molecular complexity index is 1150. The lowest BCUT2D eigenvalue weighted by Gasteiger charge is -2.12. The number of fused-ring (bicyclic) bond motifs is 3. The summed E-state index contributed by atoms with van der Waals surface area (Å²) in [5.74, 6) is -0.332. The lowest BCUT2D eigenvalue weighted by molar-refractivity contribution is -0.137. The van der Waals surface area contributed by atoms with E-state index >= 15 is 0 Å². The van der Waals surface area contributed by atoms with Crippen LogP contribution in [0.1, 0.15) is 12.5 Å². The molecule has 5 nitrogen and oxygen atoms in total. The van der Waals surface area contributed by atoms with Gasteiger partial charge in [-0.15, -0.1) is 10.2 Å². The van der Waals surface area contributed by atoms with Crippen LogP contribution in [0.15, 0.2) is 53.7 Å². The Kier molecular flexibility index (Phi) is 4.76. The van der Waals surface area contributed by atoms with E-state index in [1.165, 1.54) is 35.2 Å². The zero-order valence-electron chi connectivity index (χ0n) is 14.4. The summed E-state index contributed by atoms with van der Waals surface area (Å²) in [7, 11) is 0. The molecule has 0 aliphatic rings. The molecule has 0 saturated carbocycles. The van der Waals surface area contributed by atoms with Crippen molar-refractivity contribution in [3.63, 3.8) is 0 Å². The lowest BCUT2D eigenvalue weighted by atomic mass is 10.2. The smallest absolute Gasteiger partial charge is 0.325 e. The number of hydrogen-bond donors (Lipinski definition) is 1. The van der Waals surface area contributed by atoms with Gasteiger partial charge in [-0.05, 0) is 43.3 Å². The maximum absolute atomic E-state index is 12.6. The molecular formula is C18H13F3N4OS2. The van der Waals surface area contributed by atoms with E-state index in [2.05, 4.69) is 15.5 Å². The summed E-state index contributed by atoms with van der Waals surface area (Å²) in [6.07, 6.45) is -4.41. The maximum Gasteiger partial charge on any atom is 0.416 e. The molecule has 144 valence electrons. The molecule has 0 fully saturated rings. The number of halogens is 3. The number of rotatable bonds is 4. The number of amides is 1. The summed E-state index contributed by atoms with van der Waals surface area (Å²) in [6.45, 7) is 1.71. The summed E-state index contributed by atoms with van der Waals surface area (Å²) in [5, 5.41) is 11.0. The fourth-order valence-corrected chi connectivity index (χ4v) is 4.51. The number of carbonyl (C=O) groups is 1. The third kappa shape index (κ3) is 3.57. The predicted octanol–water partition coefficient (Wildman–Crippen LogP) is 5.08. The highest BCUT2D eigenvalue weighted by atomic mass is 32.2. The number of benzene rings is 2. The fraction of sp³-hybridized carbons (Fsp3) is 0.167. The number of hydrogen-bond acceptors (Lipinski definition) is 5.